The Morgan fingerprint density at radius 2 is 2.00 bits per heavy atom. The van der Waals surface area contributed by atoms with Crippen molar-refractivity contribution in [3.8, 4) is 6.07 Å². The van der Waals surface area contributed by atoms with Crippen LogP contribution in [0.25, 0.3) is 0 Å². The molecule has 1 saturated carbocycles. The van der Waals surface area contributed by atoms with Crippen molar-refractivity contribution in [2.45, 2.75) is 75.6 Å². The average molecular weight is 531 g/mol. The van der Waals surface area contributed by atoms with Gasteiger partial charge in [0.25, 0.3) is 0 Å². The van der Waals surface area contributed by atoms with Crippen LogP contribution in [0.15, 0.2) is 23.1 Å². The molecule has 202 valence electrons. The molecule has 3 heterocycles. The monoisotopic (exact) mass is 530 g/mol. The second kappa shape index (κ2) is 10.2. The largest absolute Gasteiger partial charge is 0.384 e. The molecule has 1 amide bonds. The third-order valence-corrected chi connectivity index (χ3v) is 10.1. The van der Waals surface area contributed by atoms with Crippen molar-refractivity contribution in [2.24, 2.45) is 17.3 Å². The Labute approximate surface area is 219 Å². The van der Waals surface area contributed by atoms with Gasteiger partial charge in [-0.25, -0.2) is 18.9 Å². The summed E-state index contributed by atoms with van der Waals surface area (Å²) in [5, 5.41) is 18.4. The molecule has 10 nitrogen and oxygen atoms in total. The number of nitrogens with zero attached hydrogens (tertiary/aromatic N) is 3. The second-order valence-electron chi connectivity index (χ2n) is 11.6. The molecule has 1 aromatic carbocycles. The zero-order chi connectivity index (χ0) is 26.4. The summed E-state index contributed by atoms with van der Waals surface area (Å²) in [5.41, 5.74) is 4.75. The van der Waals surface area contributed by atoms with E-state index < -0.39 is 10.0 Å². The van der Waals surface area contributed by atoms with Gasteiger partial charge in [-0.15, -0.1) is 0 Å². The molecule has 4 aliphatic rings. The number of carbonyl (C=O) groups excluding carboxylic acids is 1. The minimum Gasteiger partial charge on any atom is -0.384 e. The quantitative estimate of drug-likeness (QED) is 0.489. The van der Waals surface area contributed by atoms with Gasteiger partial charge in [-0.3, -0.25) is 4.79 Å². The number of sulfonamides is 1. The van der Waals surface area contributed by atoms with Crippen molar-refractivity contribution >= 4 is 21.6 Å². The maximum absolute atomic E-state index is 13.2. The number of anilines is 1. The smallest absolute Gasteiger partial charge is 0.243 e. The van der Waals surface area contributed by atoms with Gasteiger partial charge in [0.15, 0.2) is 0 Å². The van der Waals surface area contributed by atoms with Crippen LogP contribution in [-0.4, -0.2) is 68.7 Å². The summed E-state index contributed by atoms with van der Waals surface area (Å²) in [6.45, 7) is 5.75. The van der Waals surface area contributed by atoms with E-state index in [1.54, 1.807) is 19.2 Å². The van der Waals surface area contributed by atoms with Gasteiger partial charge in [0.1, 0.15) is 6.17 Å². The lowest BCUT2D eigenvalue weighted by Gasteiger charge is -2.39. The van der Waals surface area contributed by atoms with E-state index in [4.69, 9.17) is 4.74 Å². The predicted molar refractivity (Wildman–Crippen MR) is 138 cm³/mol. The molecule has 0 bridgehead atoms. The van der Waals surface area contributed by atoms with Gasteiger partial charge < -0.3 is 15.4 Å². The maximum Gasteiger partial charge on any atom is 0.243 e. The van der Waals surface area contributed by atoms with E-state index in [9.17, 15) is 18.5 Å². The number of methoxy groups -OCH3 is 1. The zero-order valence-electron chi connectivity index (χ0n) is 21.9. The first-order valence-electron chi connectivity index (χ1n) is 13.2. The number of hydrogen-bond acceptors (Lipinski definition) is 8. The molecule has 3 unspecified atom stereocenters. The van der Waals surface area contributed by atoms with E-state index in [2.05, 4.69) is 27.1 Å². The maximum atomic E-state index is 13.2. The number of amides is 1. The zero-order valence-corrected chi connectivity index (χ0v) is 22.7. The molecule has 1 aromatic rings. The average Bonchev–Trinajstić information content (AvgIpc) is 3.33. The van der Waals surface area contributed by atoms with Crippen molar-refractivity contribution in [2.75, 3.05) is 32.1 Å². The highest BCUT2D eigenvalue weighted by Gasteiger charge is 2.51. The minimum atomic E-state index is -3.57. The standard InChI is InChI=1S/C26H38N6O4S/c1-26(2,16-36-3)15-31-14-18-12-19(8-9-22(18)37(31,34)35)29-24-23-21(10-11-28-25(23)33)32(30-24)20-7-5-4-6-17(20)13-27/h8-9,12,17,20-21,23-24,29-30H,4-7,10-11,14-16H2,1-3H3,(H,28,33)/t17-,20+,21?,23?,24?/m1/s1. The van der Waals surface area contributed by atoms with Crippen LogP contribution in [0.3, 0.4) is 0 Å². The van der Waals surface area contributed by atoms with Crippen LogP contribution in [-0.2, 0) is 26.1 Å². The van der Waals surface area contributed by atoms with E-state index in [1.807, 2.05) is 19.9 Å². The second-order valence-corrected chi connectivity index (χ2v) is 13.5. The Kier molecular flexibility index (Phi) is 7.24. The first kappa shape index (κ1) is 26.4. The van der Waals surface area contributed by atoms with E-state index in [0.717, 1.165) is 43.4 Å². The number of hydrogen-bond donors (Lipinski definition) is 3. The van der Waals surface area contributed by atoms with Crippen LogP contribution in [0.1, 0.15) is 51.5 Å². The number of rotatable bonds is 7. The summed E-state index contributed by atoms with van der Waals surface area (Å²) in [6.07, 6.45) is 4.45. The van der Waals surface area contributed by atoms with Gasteiger partial charge in [0.05, 0.1) is 29.4 Å². The molecule has 11 heteroatoms. The van der Waals surface area contributed by atoms with Crippen LogP contribution in [0.5, 0.6) is 0 Å². The molecule has 1 aliphatic carbocycles. The van der Waals surface area contributed by atoms with Crippen molar-refractivity contribution in [3.63, 3.8) is 0 Å². The van der Waals surface area contributed by atoms with Gasteiger partial charge in [0.2, 0.25) is 15.9 Å². The predicted octanol–water partition coefficient (Wildman–Crippen LogP) is 2.01. The molecule has 0 spiro atoms. The van der Waals surface area contributed by atoms with E-state index >= 15 is 0 Å². The normalized spacial score (nSPS) is 31.8. The Balaban J connectivity index is 1.36. The third kappa shape index (κ3) is 4.98. The van der Waals surface area contributed by atoms with E-state index in [1.165, 1.54) is 4.31 Å². The van der Waals surface area contributed by atoms with Crippen molar-refractivity contribution in [1.82, 2.24) is 20.1 Å². The molecular formula is C26H38N6O4S. The molecule has 3 fully saturated rings. The fourth-order valence-corrected chi connectivity index (χ4v) is 8.39. The number of ether oxygens (including phenoxy) is 1. The van der Waals surface area contributed by atoms with Gasteiger partial charge in [-0.05, 0) is 43.0 Å². The molecule has 0 radical (unpaired) electrons. The molecule has 37 heavy (non-hydrogen) atoms. The SMILES string of the molecule is COCC(C)(C)CN1Cc2cc(NC3NN([C@H]4CCCC[C@@H]4C#N)C4CCNC(=O)C34)ccc2S1(=O)=O. The summed E-state index contributed by atoms with van der Waals surface area (Å²) in [7, 11) is -1.95. The Hall–Kier alpha value is -2.23. The fourth-order valence-electron chi connectivity index (χ4n) is 6.59. The lowest BCUT2D eigenvalue weighted by atomic mass is 9.83. The Bertz CT molecular complexity index is 1180. The van der Waals surface area contributed by atoms with E-state index in [0.29, 0.717) is 31.1 Å². The number of benzene rings is 1. The van der Waals surface area contributed by atoms with Crippen molar-refractivity contribution < 1.29 is 17.9 Å². The highest BCUT2D eigenvalue weighted by Crippen LogP contribution is 2.38. The van der Waals surface area contributed by atoms with Crippen molar-refractivity contribution in [3.05, 3.63) is 23.8 Å². The summed E-state index contributed by atoms with van der Waals surface area (Å²) >= 11 is 0. The van der Waals surface area contributed by atoms with Gasteiger partial charge in [0, 0.05) is 49.9 Å². The summed E-state index contributed by atoms with van der Waals surface area (Å²) in [4.78, 5) is 13.3. The number of piperidine rings is 1. The molecular weight excluding hydrogens is 492 g/mol. The number of fused-ring (bicyclic) bond motifs is 2. The summed E-state index contributed by atoms with van der Waals surface area (Å²) in [5.74, 6) is -0.356. The topological polar surface area (TPSA) is 127 Å². The van der Waals surface area contributed by atoms with Crippen LogP contribution in [0.4, 0.5) is 5.69 Å². The fraction of sp³-hybridized carbons (Fsp3) is 0.692. The van der Waals surface area contributed by atoms with Crippen molar-refractivity contribution in [1.29, 1.82) is 5.26 Å². The van der Waals surface area contributed by atoms with Crippen LogP contribution < -0.4 is 16.1 Å². The van der Waals surface area contributed by atoms with Gasteiger partial charge in [-0.2, -0.15) is 9.57 Å². The number of carbonyl (C=O) groups is 1. The highest BCUT2D eigenvalue weighted by atomic mass is 32.2. The first-order chi connectivity index (χ1) is 17.6. The first-order valence-corrected chi connectivity index (χ1v) is 14.7. The van der Waals surface area contributed by atoms with Gasteiger partial charge >= 0.3 is 0 Å². The van der Waals surface area contributed by atoms with Crippen LogP contribution in [0, 0.1) is 28.6 Å². The van der Waals surface area contributed by atoms with Crippen LogP contribution in [0.2, 0.25) is 0 Å². The third-order valence-electron chi connectivity index (χ3n) is 8.20. The van der Waals surface area contributed by atoms with Gasteiger partial charge in [-0.1, -0.05) is 26.7 Å². The molecule has 5 atom stereocenters. The molecule has 0 aromatic heterocycles. The number of hydrazine groups is 1. The van der Waals surface area contributed by atoms with E-state index in [-0.39, 0.29) is 41.4 Å². The molecule has 3 N–H and O–H groups in total. The molecule has 2 saturated heterocycles. The Morgan fingerprint density at radius 3 is 2.76 bits per heavy atom. The lowest BCUT2D eigenvalue weighted by molar-refractivity contribution is -0.128. The molecule has 3 aliphatic heterocycles. The minimum absolute atomic E-state index is 0.00311. The highest BCUT2D eigenvalue weighted by molar-refractivity contribution is 7.89. The number of nitrogens with one attached hydrogen (secondary N) is 3. The lowest BCUT2D eigenvalue weighted by Crippen LogP contribution is -2.54. The Morgan fingerprint density at radius 1 is 1.22 bits per heavy atom. The van der Waals surface area contributed by atoms with Crippen LogP contribution >= 0.6 is 0 Å². The molecule has 5 rings (SSSR count). The summed E-state index contributed by atoms with van der Waals surface area (Å²) < 4.78 is 33.2. The number of nitriles is 1. The summed E-state index contributed by atoms with van der Waals surface area (Å²) in [6, 6.07) is 7.91.